The Morgan fingerprint density at radius 2 is 2.42 bits per heavy atom. The van der Waals surface area contributed by atoms with E-state index in [1.165, 1.54) is 17.7 Å². The first kappa shape index (κ1) is 13.1. The number of likely N-dealkylation sites (tertiary alicyclic amines) is 1. The molecule has 0 amide bonds. The summed E-state index contributed by atoms with van der Waals surface area (Å²) in [4.78, 5) is 15.3. The maximum absolute atomic E-state index is 11.7. The van der Waals surface area contributed by atoms with Crippen LogP contribution in [0.4, 0.5) is 0 Å². The van der Waals surface area contributed by atoms with Crippen molar-refractivity contribution in [2.24, 2.45) is 11.8 Å². The van der Waals surface area contributed by atoms with Crippen LogP contribution in [0.25, 0.3) is 0 Å². The molecule has 2 aliphatic rings. The fraction of sp³-hybridized carbons (Fsp3) is 0.667. The number of carboxylic acid groups (broad SMARTS) is 1. The number of fused-ring (bicyclic) bond motifs is 1. The average Bonchev–Trinajstić information content (AvgIpc) is 3.03. The molecule has 1 aliphatic carbocycles. The van der Waals surface area contributed by atoms with Gasteiger partial charge in [-0.3, -0.25) is 9.69 Å². The molecule has 1 aromatic heterocycles. The van der Waals surface area contributed by atoms with Gasteiger partial charge in [-0.1, -0.05) is 19.4 Å². The third-order valence-corrected chi connectivity index (χ3v) is 5.81. The topological polar surface area (TPSA) is 40.5 Å². The Hall–Kier alpha value is -0.870. The Balaban J connectivity index is 1.88. The van der Waals surface area contributed by atoms with Gasteiger partial charge in [0.1, 0.15) is 6.04 Å². The van der Waals surface area contributed by atoms with E-state index < -0.39 is 5.97 Å². The average molecular weight is 279 g/mol. The van der Waals surface area contributed by atoms with Crippen LogP contribution >= 0.6 is 11.3 Å². The molecule has 0 bridgehead atoms. The fourth-order valence-corrected chi connectivity index (χ4v) is 4.99. The second-order valence-corrected chi connectivity index (χ2v) is 6.75. The molecule has 104 valence electrons. The van der Waals surface area contributed by atoms with Gasteiger partial charge in [-0.25, -0.2) is 0 Å². The third-order valence-electron chi connectivity index (χ3n) is 4.84. The molecule has 19 heavy (non-hydrogen) atoms. The van der Waals surface area contributed by atoms with Crippen molar-refractivity contribution in [3.63, 3.8) is 0 Å². The Bertz CT molecular complexity index is 445. The minimum Gasteiger partial charge on any atom is -0.480 e. The van der Waals surface area contributed by atoms with Crippen molar-refractivity contribution in [2.75, 3.05) is 6.54 Å². The lowest BCUT2D eigenvalue weighted by Crippen LogP contribution is -2.41. The van der Waals surface area contributed by atoms with E-state index in [1.807, 2.05) is 0 Å². The minimum absolute atomic E-state index is 0.264. The normalized spacial score (nSPS) is 32.4. The van der Waals surface area contributed by atoms with Gasteiger partial charge in [-0.15, -0.1) is 11.3 Å². The molecule has 4 unspecified atom stereocenters. The highest BCUT2D eigenvalue weighted by Crippen LogP contribution is 2.46. The number of carboxylic acids is 1. The van der Waals surface area contributed by atoms with Gasteiger partial charge in [0.15, 0.2) is 0 Å². The minimum atomic E-state index is -0.621. The zero-order valence-electron chi connectivity index (χ0n) is 11.3. The molecular weight excluding hydrogens is 258 g/mol. The summed E-state index contributed by atoms with van der Waals surface area (Å²) in [5, 5.41) is 11.7. The molecule has 1 aliphatic heterocycles. The third kappa shape index (κ3) is 2.21. The van der Waals surface area contributed by atoms with Crippen LogP contribution in [0.2, 0.25) is 0 Å². The molecule has 0 radical (unpaired) electrons. The largest absolute Gasteiger partial charge is 0.480 e. The smallest absolute Gasteiger partial charge is 0.321 e. The van der Waals surface area contributed by atoms with Crippen molar-refractivity contribution in [3.8, 4) is 0 Å². The quantitative estimate of drug-likeness (QED) is 0.918. The molecule has 1 saturated carbocycles. The number of carbonyl (C=O) groups is 1. The van der Waals surface area contributed by atoms with E-state index in [-0.39, 0.29) is 12.1 Å². The van der Waals surface area contributed by atoms with Crippen molar-refractivity contribution >= 4 is 17.3 Å². The summed E-state index contributed by atoms with van der Waals surface area (Å²) in [5.74, 6) is 0.367. The highest BCUT2D eigenvalue weighted by Gasteiger charge is 2.49. The highest BCUT2D eigenvalue weighted by molar-refractivity contribution is 7.10. The molecule has 1 N–H and O–H groups in total. The van der Waals surface area contributed by atoms with Gasteiger partial charge in [0.25, 0.3) is 0 Å². The lowest BCUT2D eigenvalue weighted by Gasteiger charge is -2.31. The van der Waals surface area contributed by atoms with Crippen LogP contribution in [0.15, 0.2) is 17.5 Å². The van der Waals surface area contributed by atoms with E-state index in [0.29, 0.717) is 11.8 Å². The SMILES string of the molecule is CCC(c1cccs1)N1CC2CCCC2C1C(=O)O. The van der Waals surface area contributed by atoms with Crippen LogP contribution in [0.1, 0.15) is 43.5 Å². The van der Waals surface area contributed by atoms with Gasteiger partial charge in [0, 0.05) is 17.5 Å². The predicted molar refractivity (Wildman–Crippen MR) is 76.3 cm³/mol. The molecule has 0 aromatic carbocycles. The van der Waals surface area contributed by atoms with Crippen molar-refractivity contribution in [1.29, 1.82) is 0 Å². The van der Waals surface area contributed by atoms with Crippen LogP contribution in [-0.2, 0) is 4.79 Å². The van der Waals surface area contributed by atoms with Gasteiger partial charge in [-0.2, -0.15) is 0 Å². The Labute approximate surface area is 118 Å². The molecule has 4 atom stereocenters. The Morgan fingerprint density at radius 1 is 1.58 bits per heavy atom. The van der Waals surface area contributed by atoms with Crippen LogP contribution in [0.5, 0.6) is 0 Å². The first-order valence-corrected chi connectivity index (χ1v) is 8.12. The maximum Gasteiger partial charge on any atom is 0.321 e. The van der Waals surface area contributed by atoms with E-state index in [1.54, 1.807) is 11.3 Å². The van der Waals surface area contributed by atoms with Gasteiger partial charge >= 0.3 is 5.97 Å². The van der Waals surface area contributed by atoms with E-state index in [4.69, 9.17) is 0 Å². The molecule has 4 heteroatoms. The Kier molecular flexibility index (Phi) is 3.63. The van der Waals surface area contributed by atoms with Gasteiger partial charge in [0.2, 0.25) is 0 Å². The summed E-state index contributed by atoms with van der Waals surface area (Å²) >= 11 is 1.75. The molecule has 0 spiro atoms. The standard InChI is InChI=1S/C15H21NO2S/c1-2-12(13-7-4-8-19-13)16-9-10-5-3-6-11(10)14(16)15(17)18/h4,7-8,10-12,14H,2-3,5-6,9H2,1H3,(H,17,18). The number of hydrogen-bond donors (Lipinski definition) is 1. The lowest BCUT2D eigenvalue weighted by atomic mass is 9.94. The van der Waals surface area contributed by atoms with E-state index >= 15 is 0 Å². The fourth-order valence-electron chi connectivity index (χ4n) is 4.06. The number of hydrogen-bond acceptors (Lipinski definition) is 3. The van der Waals surface area contributed by atoms with Crippen molar-refractivity contribution in [1.82, 2.24) is 4.90 Å². The Morgan fingerprint density at radius 3 is 3.05 bits per heavy atom. The summed E-state index contributed by atoms with van der Waals surface area (Å²) in [6.07, 6.45) is 4.51. The second kappa shape index (κ2) is 5.25. The summed E-state index contributed by atoms with van der Waals surface area (Å²) in [6.45, 7) is 3.13. The molecule has 3 nitrogen and oxygen atoms in total. The number of aliphatic carboxylic acids is 1. The van der Waals surface area contributed by atoms with Crippen molar-refractivity contribution in [2.45, 2.75) is 44.7 Å². The number of nitrogens with zero attached hydrogens (tertiary/aromatic N) is 1. The van der Waals surface area contributed by atoms with Crippen LogP contribution in [0, 0.1) is 11.8 Å². The van der Waals surface area contributed by atoms with Crippen LogP contribution in [0.3, 0.4) is 0 Å². The van der Waals surface area contributed by atoms with Gasteiger partial charge in [-0.05, 0) is 42.5 Å². The van der Waals surface area contributed by atoms with Crippen LogP contribution < -0.4 is 0 Å². The zero-order chi connectivity index (χ0) is 13.4. The number of rotatable bonds is 4. The van der Waals surface area contributed by atoms with Crippen LogP contribution in [-0.4, -0.2) is 28.6 Å². The zero-order valence-corrected chi connectivity index (χ0v) is 12.1. The monoisotopic (exact) mass is 279 g/mol. The first-order chi connectivity index (χ1) is 9.22. The molecule has 1 saturated heterocycles. The predicted octanol–water partition coefficient (Wildman–Crippen LogP) is 3.38. The molecule has 2 heterocycles. The molecule has 1 aromatic rings. The molecule has 2 fully saturated rings. The summed E-state index contributed by atoms with van der Waals surface area (Å²) in [5.41, 5.74) is 0. The lowest BCUT2D eigenvalue weighted by molar-refractivity contribution is -0.144. The summed E-state index contributed by atoms with van der Waals surface area (Å²) in [6, 6.07) is 4.23. The van der Waals surface area contributed by atoms with E-state index in [2.05, 4.69) is 29.3 Å². The summed E-state index contributed by atoms with van der Waals surface area (Å²) < 4.78 is 0. The van der Waals surface area contributed by atoms with Crippen molar-refractivity contribution < 1.29 is 9.90 Å². The van der Waals surface area contributed by atoms with Gasteiger partial charge in [0.05, 0.1) is 0 Å². The second-order valence-electron chi connectivity index (χ2n) is 5.77. The first-order valence-electron chi connectivity index (χ1n) is 7.24. The van der Waals surface area contributed by atoms with Gasteiger partial charge < -0.3 is 5.11 Å². The maximum atomic E-state index is 11.7. The number of thiophene rings is 1. The van der Waals surface area contributed by atoms with Crippen molar-refractivity contribution in [3.05, 3.63) is 22.4 Å². The van der Waals surface area contributed by atoms with E-state index in [0.717, 1.165) is 19.4 Å². The molecular formula is C15H21NO2S. The molecule has 3 rings (SSSR count). The van der Waals surface area contributed by atoms with E-state index in [9.17, 15) is 9.90 Å². The summed E-state index contributed by atoms with van der Waals surface area (Å²) in [7, 11) is 0. The highest BCUT2D eigenvalue weighted by atomic mass is 32.1.